The average Bonchev–Trinajstić information content (AvgIpc) is 2.79. The summed E-state index contributed by atoms with van der Waals surface area (Å²) in [5.41, 5.74) is 2.85. The molecule has 0 aliphatic heterocycles. The van der Waals surface area contributed by atoms with Crippen LogP contribution in [-0.4, -0.2) is 25.8 Å². The highest BCUT2D eigenvalue weighted by Gasteiger charge is 2.28. The molecule has 0 fully saturated rings. The minimum atomic E-state index is -4.15. The van der Waals surface area contributed by atoms with Crippen LogP contribution in [0.15, 0.2) is 77.7 Å². The van der Waals surface area contributed by atoms with Gasteiger partial charge in [0, 0.05) is 12.1 Å². The number of hydrogen-bond donors (Lipinski definition) is 1. The second-order valence-electron chi connectivity index (χ2n) is 7.73. The number of benzene rings is 3. The van der Waals surface area contributed by atoms with Crippen molar-refractivity contribution in [3.8, 4) is 0 Å². The van der Waals surface area contributed by atoms with Gasteiger partial charge in [-0.05, 0) is 55.7 Å². The Balaban J connectivity index is 1.92. The number of rotatable bonds is 8. The van der Waals surface area contributed by atoms with E-state index in [1.165, 1.54) is 30.3 Å². The molecule has 0 spiro atoms. The van der Waals surface area contributed by atoms with Gasteiger partial charge in [-0.15, -0.1) is 0 Å². The summed E-state index contributed by atoms with van der Waals surface area (Å²) in [4.78, 5) is 23.5. The van der Waals surface area contributed by atoms with Crippen molar-refractivity contribution in [2.75, 3.05) is 10.8 Å². The van der Waals surface area contributed by atoms with Gasteiger partial charge >= 0.3 is 0 Å². The molecule has 0 heterocycles. The molecule has 1 atom stereocenters. The molecule has 9 heteroatoms. The topological polar surface area (TPSA) is 110 Å². The number of nitro groups is 1. The number of nitro benzene ring substituents is 1. The van der Waals surface area contributed by atoms with Gasteiger partial charge < -0.3 is 5.32 Å². The van der Waals surface area contributed by atoms with Crippen molar-refractivity contribution in [3.63, 3.8) is 0 Å². The largest absolute Gasteiger partial charge is 0.348 e. The van der Waals surface area contributed by atoms with Crippen molar-refractivity contribution >= 4 is 27.3 Å². The zero-order valence-corrected chi connectivity index (χ0v) is 19.4. The Hall–Kier alpha value is -3.72. The molecule has 1 N–H and O–H groups in total. The number of nitrogens with one attached hydrogen (secondary N) is 1. The Bertz CT molecular complexity index is 1280. The smallest absolute Gasteiger partial charge is 0.271 e. The van der Waals surface area contributed by atoms with E-state index in [1.54, 1.807) is 18.2 Å². The number of aryl methyl sites for hydroxylation is 2. The minimum absolute atomic E-state index is 0.0217. The first-order valence-electron chi connectivity index (χ1n) is 10.3. The lowest BCUT2D eigenvalue weighted by Gasteiger charge is -2.25. The van der Waals surface area contributed by atoms with Crippen molar-refractivity contribution < 1.29 is 18.1 Å². The van der Waals surface area contributed by atoms with Crippen LogP contribution in [0.1, 0.15) is 29.7 Å². The number of amides is 1. The van der Waals surface area contributed by atoms with E-state index in [1.807, 2.05) is 39.0 Å². The van der Waals surface area contributed by atoms with Gasteiger partial charge in [0.05, 0.1) is 21.5 Å². The number of anilines is 1. The van der Waals surface area contributed by atoms with Gasteiger partial charge in [0.25, 0.3) is 15.7 Å². The summed E-state index contributed by atoms with van der Waals surface area (Å²) in [6.45, 7) is 5.25. The number of sulfonamides is 1. The van der Waals surface area contributed by atoms with Gasteiger partial charge in [-0.3, -0.25) is 19.2 Å². The zero-order chi connectivity index (χ0) is 24.2. The van der Waals surface area contributed by atoms with E-state index in [0.29, 0.717) is 0 Å². The van der Waals surface area contributed by atoms with E-state index in [4.69, 9.17) is 0 Å². The van der Waals surface area contributed by atoms with Gasteiger partial charge in [-0.25, -0.2) is 8.42 Å². The summed E-state index contributed by atoms with van der Waals surface area (Å²) in [5.74, 6) is -0.535. The van der Waals surface area contributed by atoms with E-state index in [0.717, 1.165) is 27.1 Å². The predicted octanol–water partition coefficient (Wildman–Crippen LogP) is 4.28. The van der Waals surface area contributed by atoms with Crippen LogP contribution in [-0.2, 0) is 14.8 Å². The zero-order valence-electron chi connectivity index (χ0n) is 18.6. The maximum absolute atomic E-state index is 13.4. The molecule has 0 aliphatic rings. The van der Waals surface area contributed by atoms with Crippen molar-refractivity contribution in [2.24, 2.45) is 0 Å². The monoisotopic (exact) mass is 467 g/mol. The normalized spacial score (nSPS) is 12.1. The van der Waals surface area contributed by atoms with Gasteiger partial charge in [0.2, 0.25) is 5.91 Å². The third-order valence-electron chi connectivity index (χ3n) is 5.36. The Morgan fingerprint density at radius 1 is 1.00 bits per heavy atom. The molecular weight excluding hydrogens is 442 g/mol. The molecule has 0 radical (unpaired) electrons. The predicted molar refractivity (Wildman–Crippen MR) is 127 cm³/mol. The molecule has 0 aromatic heterocycles. The third kappa shape index (κ3) is 5.56. The van der Waals surface area contributed by atoms with Crippen LogP contribution in [0.5, 0.6) is 0 Å². The lowest BCUT2D eigenvalue weighted by Crippen LogP contribution is -2.41. The molecular formula is C24H25N3O5S. The van der Waals surface area contributed by atoms with Gasteiger partial charge in [-0.2, -0.15) is 0 Å². The van der Waals surface area contributed by atoms with Crippen LogP contribution < -0.4 is 9.62 Å². The number of non-ortho nitro benzene ring substituents is 1. The van der Waals surface area contributed by atoms with Crippen LogP contribution in [0.3, 0.4) is 0 Å². The lowest BCUT2D eigenvalue weighted by molar-refractivity contribution is -0.384. The standard InChI is InChI=1S/C24H25N3O5S/c1-17-12-13-20(14-18(17)2)19(3)25-24(28)16-26(21-8-7-9-22(15-21)27(29)30)33(31,32)23-10-5-4-6-11-23/h4-15,19H,16H2,1-3H3,(H,25,28). The third-order valence-corrected chi connectivity index (χ3v) is 7.14. The van der Waals surface area contributed by atoms with Crippen LogP contribution >= 0.6 is 0 Å². The fourth-order valence-corrected chi connectivity index (χ4v) is 4.77. The molecule has 0 aliphatic carbocycles. The van der Waals surface area contributed by atoms with Crippen molar-refractivity contribution in [1.29, 1.82) is 0 Å². The molecule has 33 heavy (non-hydrogen) atoms. The molecule has 3 aromatic rings. The molecule has 1 amide bonds. The molecule has 1 unspecified atom stereocenters. The number of hydrogen-bond acceptors (Lipinski definition) is 5. The summed E-state index contributed by atoms with van der Waals surface area (Å²) in [5, 5.41) is 14.1. The molecule has 3 aromatic carbocycles. The van der Waals surface area contributed by atoms with Crippen LogP contribution in [0, 0.1) is 24.0 Å². The number of carbonyl (C=O) groups is 1. The quantitative estimate of drug-likeness (QED) is 0.393. The highest BCUT2D eigenvalue weighted by atomic mass is 32.2. The molecule has 8 nitrogen and oxygen atoms in total. The molecule has 0 bridgehead atoms. The first-order chi connectivity index (χ1) is 15.6. The number of nitrogens with zero attached hydrogens (tertiary/aromatic N) is 2. The van der Waals surface area contributed by atoms with Crippen molar-refractivity contribution in [2.45, 2.75) is 31.7 Å². The molecule has 0 saturated heterocycles. The SMILES string of the molecule is Cc1ccc(C(C)NC(=O)CN(c2cccc([N+](=O)[O-])c2)S(=O)(=O)c2ccccc2)cc1C. The molecule has 172 valence electrons. The second-order valence-corrected chi connectivity index (χ2v) is 9.60. The first kappa shape index (κ1) is 23.9. The van der Waals surface area contributed by atoms with E-state index in [9.17, 15) is 23.3 Å². The van der Waals surface area contributed by atoms with E-state index >= 15 is 0 Å². The van der Waals surface area contributed by atoms with Gasteiger partial charge in [0.1, 0.15) is 6.54 Å². The Morgan fingerprint density at radius 2 is 1.70 bits per heavy atom. The minimum Gasteiger partial charge on any atom is -0.348 e. The number of carbonyl (C=O) groups excluding carboxylic acids is 1. The highest BCUT2D eigenvalue weighted by molar-refractivity contribution is 7.92. The van der Waals surface area contributed by atoms with Gasteiger partial charge in [0.15, 0.2) is 0 Å². The van der Waals surface area contributed by atoms with Gasteiger partial charge in [-0.1, -0.05) is 42.5 Å². The Labute approximate surface area is 193 Å². The van der Waals surface area contributed by atoms with E-state index < -0.39 is 27.4 Å². The van der Waals surface area contributed by atoms with E-state index in [-0.39, 0.29) is 22.3 Å². The maximum atomic E-state index is 13.4. The summed E-state index contributed by atoms with van der Waals surface area (Å²) in [6, 6.07) is 18.3. The molecule has 0 saturated carbocycles. The fourth-order valence-electron chi connectivity index (χ4n) is 3.33. The Morgan fingerprint density at radius 3 is 2.33 bits per heavy atom. The molecule has 3 rings (SSSR count). The summed E-state index contributed by atoms with van der Waals surface area (Å²) in [6.07, 6.45) is 0. The maximum Gasteiger partial charge on any atom is 0.271 e. The average molecular weight is 468 g/mol. The summed E-state index contributed by atoms with van der Waals surface area (Å²) >= 11 is 0. The van der Waals surface area contributed by atoms with Crippen molar-refractivity contribution in [1.82, 2.24) is 5.32 Å². The highest BCUT2D eigenvalue weighted by Crippen LogP contribution is 2.27. The second kappa shape index (κ2) is 9.83. The van der Waals surface area contributed by atoms with Crippen LogP contribution in [0.4, 0.5) is 11.4 Å². The first-order valence-corrected chi connectivity index (χ1v) is 11.7. The Kier molecular flexibility index (Phi) is 7.13. The lowest BCUT2D eigenvalue weighted by atomic mass is 10.0. The summed E-state index contributed by atoms with van der Waals surface area (Å²) < 4.78 is 27.6. The van der Waals surface area contributed by atoms with Crippen LogP contribution in [0.2, 0.25) is 0 Å². The van der Waals surface area contributed by atoms with Crippen molar-refractivity contribution in [3.05, 3.63) is 99.6 Å². The summed E-state index contributed by atoms with van der Waals surface area (Å²) in [7, 11) is -4.15. The van der Waals surface area contributed by atoms with Crippen LogP contribution in [0.25, 0.3) is 0 Å². The van der Waals surface area contributed by atoms with E-state index in [2.05, 4.69) is 5.32 Å². The fraction of sp³-hybridized carbons (Fsp3) is 0.208.